The van der Waals surface area contributed by atoms with Crippen LogP contribution in [0.1, 0.15) is 43.7 Å². The Hall–Kier alpha value is -3.16. The zero-order valence-electron chi connectivity index (χ0n) is 16.4. The number of nitrogens with zero attached hydrogens (tertiary/aromatic N) is 1. The van der Waals surface area contributed by atoms with E-state index in [2.05, 4.69) is 19.2 Å². The van der Waals surface area contributed by atoms with Crippen molar-refractivity contribution in [1.82, 2.24) is 5.32 Å². The molecule has 1 aliphatic rings. The molecule has 0 spiro atoms. The van der Waals surface area contributed by atoms with Crippen LogP contribution >= 0.6 is 0 Å². The molecule has 1 aromatic carbocycles. The van der Waals surface area contributed by atoms with Gasteiger partial charge in [-0.05, 0) is 42.5 Å². The molecule has 1 heterocycles. The van der Waals surface area contributed by atoms with Crippen LogP contribution in [0, 0.1) is 22.0 Å². The zero-order valence-corrected chi connectivity index (χ0v) is 16.4. The van der Waals surface area contributed by atoms with Crippen molar-refractivity contribution in [1.29, 1.82) is 0 Å². The van der Waals surface area contributed by atoms with Crippen LogP contribution in [0.5, 0.6) is 0 Å². The van der Waals surface area contributed by atoms with E-state index in [1.165, 1.54) is 30.3 Å². The Morgan fingerprint density at radius 2 is 1.90 bits per heavy atom. The summed E-state index contributed by atoms with van der Waals surface area (Å²) in [5.74, 6) is 0.215. The Labute approximate surface area is 168 Å². The molecule has 1 saturated carbocycles. The van der Waals surface area contributed by atoms with Gasteiger partial charge in [0.25, 0.3) is 11.6 Å². The smallest absolute Gasteiger partial charge is 0.374 e. The summed E-state index contributed by atoms with van der Waals surface area (Å²) in [5.41, 5.74) is 0.556. The van der Waals surface area contributed by atoms with Crippen molar-refractivity contribution in [3.05, 3.63) is 52.3 Å². The van der Waals surface area contributed by atoms with Crippen LogP contribution in [0.2, 0.25) is 0 Å². The molecule has 1 amide bonds. The van der Waals surface area contributed by atoms with Crippen molar-refractivity contribution < 1.29 is 23.7 Å². The molecule has 0 radical (unpaired) electrons. The number of carbonyl (C=O) groups is 2. The lowest BCUT2D eigenvalue weighted by atomic mass is 9.78. The van der Waals surface area contributed by atoms with Crippen LogP contribution in [-0.4, -0.2) is 29.4 Å². The molecule has 8 nitrogen and oxygen atoms in total. The van der Waals surface area contributed by atoms with E-state index in [0.717, 1.165) is 19.3 Å². The van der Waals surface area contributed by atoms with Gasteiger partial charge in [0.15, 0.2) is 6.61 Å². The number of ether oxygens (including phenoxy) is 1. The van der Waals surface area contributed by atoms with E-state index in [9.17, 15) is 19.7 Å². The SMILES string of the molecule is C[C@@H]1[C@H](C)CCC[C@@H]1NC(=O)COC(=O)c1ccc(-c2ccc([N+](=O)[O-])cc2)o1. The van der Waals surface area contributed by atoms with Gasteiger partial charge in [-0.25, -0.2) is 4.79 Å². The van der Waals surface area contributed by atoms with Gasteiger partial charge >= 0.3 is 5.97 Å². The minimum absolute atomic E-state index is 0.0346. The molecule has 1 aromatic heterocycles. The summed E-state index contributed by atoms with van der Waals surface area (Å²) in [5, 5.41) is 13.7. The van der Waals surface area contributed by atoms with Gasteiger partial charge in [-0.15, -0.1) is 0 Å². The van der Waals surface area contributed by atoms with Crippen molar-refractivity contribution >= 4 is 17.6 Å². The molecule has 2 aromatic rings. The number of non-ortho nitro benzene ring substituents is 1. The predicted molar refractivity (Wildman–Crippen MR) is 105 cm³/mol. The van der Waals surface area contributed by atoms with E-state index in [4.69, 9.17) is 9.15 Å². The van der Waals surface area contributed by atoms with Crippen LogP contribution < -0.4 is 5.32 Å². The molecular weight excluding hydrogens is 376 g/mol. The standard InChI is InChI=1S/C21H24N2O6/c1-13-4-3-5-17(14(13)2)22-20(24)12-28-21(25)19-11-10-18(29-19)15-6-8-16(9-7-15)23(26)27/h6-11,13-14,17H,3-5,12H2,1-2H3,(H,22,24)/t13-,14-,17+/m1/s1. The zero-order chi connectivity index (χ0) is 21.0. The van der Waals surface area contributed by atoms with Gasteiger partial charge in [0.05, 0.1) is 4.92 Å². The van der Waals surface area contributed by atoms with Crippen molar-refractivity contribution in [2.75, 3.05) is 6.61 Å². The van der Waals surface area contributed by atoms with Gasteiger partial charge in [0, 0.05) is 23.7 Å². The minimum Gasteiger partial charge on any atom is -0.450 e. The second kappa shape index (κ2) is 8.89. The summed E-state index contributed by atoms with van der Waals surface area (Å²) in [6.07, 6.45) is 3.17. The van der Waals surface area contributed by atoms with Crippen LogP contribution in [0.25, 0.3) is 11.3 Å². The number of carbonyl (C=O) groups excluding carboxylic acids is 2. The molecule has 0 unspecified atom stereocenters. The van der Waals surface area contributed by atoms with Gasteiger partial charge in [-0.2, -0.15) is 0 Å². The summed E-state index contributed by atoms with van der Waals surface area (Å²) in [7, 11) is 0. The summed E-state index contributed by atoms with van der Waals surface area (Å²) >= 11 is 0. The van der Waals surface area contributed by atoms with Gasteiger partial charge in [0.1, 0.15) is 5.76 Å². The lowest BCUT2D eigenvalue weighted by Crippen LogP contribution is -2.45. The maximum Gasteiger partial charge on any atom is 0.374 e. The van der Waals surface area contributed by atoms with Crippen LogP contribution in [0.3, 0.4) is 0 Å². The second-order valence-corrected chi connectivity index (χ2v) is 7.49. The quantitative estimate of drug-likeness (QED) is 0.446. The molecule has 0 saturated heterocycles. The fourth-order valence-corrected chi connectivity index (χ4v) is 3.59. The largest absolute Gasteiger partial charge is 0.450 e. The number of nitro benzene ring substituents is 1. The van der Waals surface area contributed by atoms with Crippen molar-refractivity contribution in [2.45, 2.75) is 39.2 Å². The summed E-state index contributed by atoms with van der Waals surface area (Å²) in [6, 6.07) is 8.89. The highest BCUT2D eigenvalue weighted by Gasteiger charge is 2.28. The highest BCUT2D eigenvalue weighted by atomic mass is 16.6. The normalized spacial score (nSPS) is 21.4. The lowest BCUT2D eigenvalue weighted by Gasteiger charge is -2.34. The number of amides is 1. The van der Waals surface area contributed by atoms with E-state index < -0.39 is 10.9 Å². The van der Waals surface area contributed by atoms with E-state index >= 15 is 0 Å². The Kier molecular flexibility index (Phi) is 6.31. The Morgan fingerprint density at radius 1 is 1.17 bits per heavy atom. The highest BCUT2D eigenvalue weighted by Crippen LogP contribution is 2.29. The van der Waals surface area contributed by atoms with Gasteiger partial charge in [-0.3, -0.25) is 14.9 Å². The van der Waals surface area contributed by atoms with Gasteiger partial charge < -0.3 is 14.5 Å². The highest BCUT2D eigenvalue weighted by molar-refractivity contribution is 5.89. The number of esters is 1. The lowest BCUT2D eigenvalue weighted by molar-refractivity contribution is -0.384. The maximum atomic E-state index is 12.2. The number of nitro groups is 1. The molecule has 1 fully saturated rings. The van der Waals surface area contributed by atoms with E-state index in [1.807, 2.05) is 0 Å². The molecule has 29 heavy (non-hydrogen) atoms. The fraction of sp³-hybridized carbons (Fsp3) is 0.429. The third-order valence-electron chi connectivity index (χ3n) is 5.56. The topological polar surface area (TPSA) is 112 Å². The Morgan fingerprint density at radius 3 is 2.59 bits per heavy atom. The number of rotatable bonds is 6. The predicted octanol–water partition coefficient (Wildman–Crippen LogP) is 3.95. The molecule has 1 N–H and O–H groups in total. The molecule has 0 aliphatic heterocycles. The van der Waals surface area contributed by atoms with Gasteiger partial charge in [-0.1, -0.05) is 26.7 Å². The van der Waals surface area contributed by atoms with Crippen molar-refractivity contribution in [3.8, 4) is 11.3 Å². The fourth-order valence-electron chi connectivity index (χ4n) is 3.59. The first-order valence-electron chi connectivity index (χ1n) is 9.66. The summed E-state index contributed by atoms with van der Waals surface area (Å²) in [6.45, 7) is 3.94. The second-order valence-electron chi connectivity index (χ2n) is 7.49. The number of nitrogens with one attached hydrogen (secondary N) is 1. The average Bonchev–Trinajstić information content (AvgIpc) is 3.20. The molecule has 3 atom stereocenters. The molecule has 0 bridgehead atoms. The molecule has 1 aliphatic carbocycles. The van der Waals surface area contributed by atoms with Crippen LogP contribution in [-0.2, 0) is 9.53 Å². The summed E-state index contributed by atoms with van der Waals surface area (Å²) in [4.78, 5) is 34.5. The first-order chi connectivity index (χ1) is 13.8. The first-order valence-corrected chi connectivity index (χ1v) is 9.66. The average molecular weight is 400 g/mol. The van der Waals surface area contributed by atoms with E-state index in [0.29, 0.717) is 23.2 Å². The van der Waals surface area contributed by atoms with Crippen molar-refractivity contribution in [2.24, 2.45) is 11.8 Å². The summed E-state index contributed by atoms with van der Waals surface area (Å²) < 4.78 is 10.5. The minimum atomic E-state index is -0.738. The van der Waals surface area contributed by atoms with Crippen molar-refractivity contribution in [3.63, 3.8) is 0 Å². The number of hydrogen-bond acceptors (Lipinski definition) is 6. The third kappa shape index (κ3) is 5.01. The van der Waals surface area contributed by atoms with Crippen LogP contribution in [0.15, 0.2) is 40.8 Å². The first kappa shape index (κ1) is 20.6. The molecule has 3 rings (SSSR count). The monoisotopic (exact) mass is 400 g/mol. The number of furan rings is 1. The van der Waals surface area contributed by atoms with E-state index in [1.54, 1.807) is 6.07 Å². The number of hydrogen-bond donors (Lipinski definition) is 1. The third-order valence-corrected chi connectivity index (χ3v) is 5.56. The molecular formula is C21H24N2O6. The Balaban J connectivity index is 1.53. The molecule has 8 heteroatoms. The maximum absolute atomic E-state index is 12.2. The molecule has 154 valence electrons. The Bertz CT molecular complexity index is 889. The van der Waals surface area contributed by atoms with Crippen LogP contribution in [0.4, 0.5) is 5.69 Å². The van der Waals surface area contributed by atoms with Gasteiger partial charge in [0.2, 0.25) is 5.76 Å². The number of benzene rings is 1. The van der Waals surface area contributed by atoms with E-state index in [-0.39, 0.29) is 30.0 Å².